The van der Waals surface area contributed by atoms with E-state index in [9.17, 15) is 0 Å². The Balaban J connectivity index is 1.01. The molecule has 9 rings (SSSR count). The standard InChI is InChI=1S/C51H38N2/c1-37-47-19-7-5-13-40(47)16-12-36-52(51-23-10-9-20-48(37)51)43-30-24-38(25-31-43)39-26-32-45(33-27-39)53(44-17-3-2-4-18-44)46-34-28-42(29-35-46)50-22-11-15-41-14-6-8-21-49(41)50/h2-35H,1,36H2/b16-12-. The maximum Gasteiger partial charge on any atom is 0.0493 e. The first-order chi connectivity index (χ1) is 26.2. The quantitative estimate of drug-likeness (QED) is 0.173. The molecule has 0 radical (unpaired) electrons. The van der Waals surface area contributed by atoms with Gasteiger partial charge in [-0.2, -0.15) is 0 Å². The summed E-state index contributed by atoms with van der Waals surface area (Å²) in [4.78, 5) is 4.69. The summed E-state index contributed by atoms with van der Waals surface area (Å²) in [5.41, 5.74) is 15.0. The van der Waals surface area contributed by atoms with Crippen LogP contribution in [0.15, 0.2) is 207 Å². The fraction of sp³-hybridized carbons (Fsp3) is 0.0196. The number of para-hydroxylation sites is 2. The lowest BCUT2D eigenvalue weighted by molar-refractivity contribution is 1.10. The number of anilines is 5. The average molecular weight is 679 g/mol. The van der Waals surface area contributed by atoms with E-state index in [1.54, 1.807) is 0 Å². The van der Waals surface area contributed by atoms with Gasteiger partial charge >= 0.3 is 0 Å². The van der Waals surface area contributed by atoms with E-state index in [2.05, 4.69) is 223 Å². The largest absolute Gasteiger partial charge is 0.337 e. The minimum absolute atomic E-state index is 0.755. The Kier molecular flexibility index (Phi) is 8.47. The lowest BCUT2D eigenvalue weighted by Gasteiger charge is -2.27. The SMILES string of the molecule is C=C1c2ccccc2/C=C\CN(c2ccc(-c3ccc(N(c4ccccc4)c4ccc(-c5cccc6ccccc56)cc4)cc3)cc2)c2ccccc21. The number of rotatable bonds is 6. The van der Waals surface area contributed by atoms with E-state index in [1.807, 2.05) is 0 Å². The molecule has 2 nitrogen and oxygen atoms in total. The van der Waals surface area contributed by atoms with Crippen molar-refractivity contribution in [2.24, 2.45) is 0 Å². The van der Waals surface area contributed by atoms with Gasteiger partial charge in [-0.25, -0.2) is 0 Å². The molecule has 0 amide bonds. The van der Waals surface area contributed by atoms with Crippen LogP contribution in [0.25, 0.3) is 44.7 Å². The van der Waals surface area contributed by atoms with Gasteiger partial charge in [-0.15, -0.1) is 0 Å². The number of hydrogen-bond acceptors (Lipinski definition) is 2. The van der Waals surface area contributed by atoms with E-state index < -0.39 is 0 Å². The zero-order valence-corrected chi connectivity index (χ0v) is 29.4. The Hall–Kier alpha value is -6.90. The van der Waals surface area contributed by atoms with Crippen LogP contribution in [0.1, 0.15) is 16.7 Å². The van der Waals surface area contributed by atoms with Crippen LogP contribution in [0.2, 0.25) is 0 Å². The van der Waals surface area contributed by atoms with E-state index in [4.69, 9.17) is 0 Å². The molecular weight excluding hydrogens is 641 g/mol. The first kappa shape index (κ1) is 32.0. The molecule has 252 valence electrons. The number of nitrogens with zero attached hydrogens (tertiary/aromatic N) is 2. The highest BCUT2D eigenvalue weighted by atomic mass is 15.1. The van der Waals surface area contributed by atoms with Crippen molar-refractivity contribution in [2.75, 3.05) is 16.3 Å². The molecule has 0 aliphatic carbocycles. The van der Waals surface area contributed by atoms with E-state index in [0.29, 0.717) is 0 Å². The number of benzene rings is 8. The summed E-state index contributed by atoms with van der Waals surface area (Å²) in [5, 5.41) is 2.52. The van der Waals surface area contributed by atoms with Crippen molar-refractivity contribution in [1.82, 2.24) is 0 Å². The molecular formula is C51H38N2. The topological polar surface area (TPSA) is 6.48 Å². The minimum Gasteiger partial charge on any atom is -0.337 e. The predicted molar refractivity (Wildman–Crippen MR) is 227 cm³/mol. The Labute approximate surface area is 311 Å². The molecule has 8 aromatic rings. The molecule has 0 atom stereocenters. The van der Waals surface area contributed by atoms with E-state index >= 15 is 0 Å². The second-order valence-corrected chi connectivity index (χ2v) is 13.4. The fourth-order valence-corrected chi connectivity index (χ4v) is 7.58. The minimum atomic E-state index is 0.755. The third-order valence-corrected chi connectivity index (χ3v) is 10.3. The third kappa shape index (κ3) is 6.22. The van der Waals surface area contributed by atoms with Gasteiger partial charge in [-0.05, 0) is 104 Å². The van der Waals surface area contributed by atoms with Gasteiger partial charge in [0, 0.05) is 40.5 Å². The highest BCUT2D eigenvalue weighted by molar-refractivity contribution is 5.97. The zero-order chi connectivity index (χ0) is 35.6. The Bertz CT molecular complexity index is 2580. The maximum absolute atomic E-state index is 4.54. The van der Waals surface area contributed by atoms with E-state index in [0.717, 1.165) is 46.1 Å². The molecule has 0 bridgehead atoms. The lowest BCUT2D eigenvalue weighted by Crippen LogP contribution is -2.18. The number of fused-ring (bicyclic) bond motifs is 3. The molecule has 0 aromatic heterocycles. The van der Waals surface area contributed by atoms with Crippen LogP contribution < -0.4 is 9.80 Å². The van der Waals surface area contributed by atoms with Gasteiger partial charge in [0.05, 0.1) is 0 Å². The van der Waals surface area contributed by atoms with Crippen LogP contribution in [0.3, 0.4) is 0 Å². The molecule has 1 aliphatic rings. The van der Waals surface area contributed by atoms with Crippen molar-refractivity contribution in [3.8, 4) is 22.3 Å². The first-order valence-corrected chi connectivity index (χ1v) is 18.2. The highest BCUT2D eigenvalue weighted by Crippen LogP contribution is 2.40. The predicted octanol–water partition coefficient (Wildman–Crippen LogP) is 13.9. The van der Waals surface area contributed by atoms with Gasteiger partial charge < -0.3 is 9.80 Å². The summed E-state index contributed by atoms with van der Waals surface area (Å²) < 4.78 is 0. The second kappa shape index (κ2) is 14.0. The van der Waals surface area contributed by atoms with Crippen molar-refractivity contribution in [3.05, 3.63) is 223 Å². The van der Waals surface area contributed by atoms with Gasteiger partial charge in [0.2, 0.25) is 0 Å². The van der Waals surface area contributed by atoms with Crippen molar-refractivity contribution in [1.29, 1.82) is 0 Å². The van der Waals surface area contributed by atoms with Crippen molar-refractivity contribution < 1.29 is 0 Å². The summed E-state index contributed by atoms with van der Waals surface area (Å²) in [6, 6.07) is 69.5. The maximum atomic E-state index is 4.54. The zero-order valence-electron chi connectivity index (χ0n) is 29.4. The highest BCUT2D eigenvalue weighted by Gasteiger charge is 2.18. The van der Waals surface area contributed by atoms with Gasteiger partial charge in [0.15, 0.2) is 0 Å². The average Bonchev–Trinajstić information content (AvgIpc) is 3.29. The normalized spacial score (nSPS) is 13.0. The van der Waals surface area contributed by atoms with Crippen molar-refractivity contribution in [3.63, 3.8) is 0 Å². The van der Waals surface area contributed by atoms with Crippen molar-refractivity contribution in [2.45, 2.75) is 0 Å². The molecule has 0 fully saturated rings. The summed E-state index contributed by atoms with van der Waals surface area (Å²) in [5.74, 6) is 0. The summed E-state index contributed by atoms with van der Waals surface area (Å²) >= 11 is 0. The van der Waals surface area contributed by atoms with Gasteiger partial charge in [0.1, 0.15) is 0 Å². The summed E-state index contributed by atoms with van der Waals surface area (Å²) in [7, 11) is 0. The molecule has 8 aromatic carbocycles. The molecule has 0 saturated heterocycles. The molecule has 0 N–H and O–H groups in total. The molecule has 53 heavy (non-hydrogen) atoms. The smallest absolute Gasteiger partial charge is 0.0493 e. The number of hydrogen-bond donors (Lipinski definition) is 0. The van der Waals surface area contributed by atoms with Gasteiger partial charge in [0.25, 0.3) is 0 Å². The van der Waals surface area contributed by atoms with E-state index in [1.165, 1.54) is 44.2 Å². The van der Waals surface area contributed by atoms with Crippen LogP contribution >= 0.6 is 0 Å². The van der Waals surface area contributed by atoms with Crippen LogP contribution in [-0.2, 0) is 0 Å². The van der Waals surface area contributed by atoms with Gasteiger partial charge in [-0.1, -0.05) is 158 Å². The van der Waals surface area contributed by atoms with Crippen LogP contribution in [0.5, 0.6) is 0 Å². The molecule has 2 heteroatoms. The van der Waals surface area contributed by atoms with Crippen LogP contribution in [-0.4, -0.2) is 6.54 Å². The second-order valence-electron chi connectivity index (χ2n) is 13.4. The molecule has 1 heterocycles. The molecule has 1 aliphatic heterocycles. The lowest BCUT2D eigenvalue weighted by atomic mass is 9.94. The Morgan fingerprint density at radius 1 is 0.434 bits per heavy atom. The monoisotopic (exact) mass is 678 g/mol. The Morgan fingerprint density at radius 3 is 1.74 bits per heavy atom. The fourth-order valence-electron chi connectivity index (χ4n) is 7.58. The van der Waals surface area contributed by atoms with Gasteiger partial charge in [-0.3, -0.25) is 0 Å². The van der Waals surface area contributed by atoms with E-state index in [-0.39, 0.29) is 0 Å². The van der Waals surface area contributed by atoms with Crippen molar-refractivity contribution >= 4 is 50.9 Å². The van der Waals surface area contributed by atoms with Crippen LogP contribution in [0.4, 0.5) is 28.4 Å². The third-order valence-electron chi connectivity index (χ3n) is 10.3. The molecule has 0 unspecified atom stereocenters. The van der Waals surface area contributed by atoms with Crippen LogP contribution in [0, 0.1) is 0 Å². The summed E-state index contributed by atoms with van der Waals surface area (Å²) in [6.45, 7) is 5.30. The Morgan fingerprint density at radius 2 is 0.981 bits per heavy atom. The summed E-state index contributed by atoms with van der Waals surface area (Å²) in [6.07, 6.45) is 4.46. The molecule has 0 spiro atoms. The molecule has 0 saturated carbocycles. The first-order valence-electron chi connectivity index (χ1n) is 18.2.